The van der Waals surface area contributed by atoms with Gasteiger partial charge >= 0.3 is 0 Å². The summed E-state index contributed by atoms with van der Waals surface area (Å²) < 4.78 is 5.78. The quantitative estimate of drug-likeness (QED) is 0.612. The maximum atomic E-state index is 12.7. The van der Waals surface area contributed by atoms with Crippen LogP contribution in [0.2, 0.25) is 5.02 Å². The minimum absolute atomic E-state index is 0.0302. The van der Waals surface area contributed by atoms with E-state index in [2.05, 4.69) is 21.2 Å². The molecule has 1 aliphatic carbocycles. The summed E-state index contributed by atoms with van der Waals surface area (Å²) in [6.07, 6.45) is 5.48. The van der Waals surface area contributed by atoms with Gasteiger partial charge in [-0.2, -0.15) is 5.26 Å². The van der Waals surface area contributed by atoms with Gasteiger partial charge in [-0.1, -0.05) is 18.0 Å². The molecule has 1 saturated heterocycles. The Morgan fingerprint density at radius 2 is 1.81 bits per heavy atom. The zero-order chi connectivity index (χ0) is 22.3. The smallest absolute Gasteiger partial charge is 0.239 e. The van der Waals surface area contributed by atoms with Crippen molar-refractivity contribution in [2.45, 2.75) is 32.1 Å². The number of rotatable bonds is 7. The van der Waals surface area contributed by atoms with E-state index in [1.54, 1.807) is 11.3 Å². The van der Waals surface area contributed by atoms with Gasteiger partial charge in [0.05, 0.1) is 12.1 Å². The molecule has 4 rings (SSSR count). The minimum Gasteiger partial charge on any atom is -0.492 e. The van der Waals surface area contributed by atoms with Crippen LogP contribution in [-0.4, -0.2) is 61.6 Å². The van der Waals surface area contributed by atoms with Crippen molar-refractivity contribution in [1.82, 2.24) is 9.80 Å². The average molecular weight is 473 g/mol. The Morgan fingerprint density at radius 3 is 2.56 bits per heavy atom. The van der Waals surface area contributed by atoms with Gasteiger partial charge in [-0.05, 0) is 55.5 Å². The fraction of sp³-hybridized carbons (Fsp3) is 0.500. The molecule has 1 aliphatic heterocycles. The highest BCUT2D eigenvalue weighted by Crippen LogP contribution is 2.36. The van der Waals surface area contributed by atoms with Crippen molar-refractivity contribution in [3.63, 3.8) is 0 Å². The molecule has 6 nitrogen and oxygen atoms in total. The summed E-state index contributed by atoms with van der Waals surface area (Å²) >= 11 is 7.49. The summed E-state index contributed by atoms with van der Waals surface area (Å²) in [5.74, 6) is 0.796. The number of amides is 1. The van der Waals surface area contributed by atoms with Crippen molar-refractivity contribution in [3.8, 4) is 11.8 Å². The number of hydrogen-bond donors (Lipinski definition) is 1. The summed E-state index contributed by atoms with van der Waals surface area (Å²) in [6, 6.07) is 9.74. The molecule has 170 valence electrons. The Bertz CT molecular complexity index is 962. The van der Waals surface area contributed by atoms with Gasteiger partial charge in [0.15, 0.2) is 0 Å². The van der Waals surface area contributed by atoms with Gasteiger partial charge in [-0.25, -0.2) is 0 Å². The molecule has 2 aromatic rings. The van der Waals surface area contributed by atoms with Crippen LogP contribution in [0.25, 0.3) is 0 Å². The first-order valence-electron chi connectivity index (χ1n) is 11.3. The van der Waals surface area contributed by atoms with Gasteiger partial charge < -0.3 is 10.1 Å². The molecule has 2 heterocycles. The Kier molecular flexibility index (Phi) is 8.04. The van der Waals surface area contributed by atoms with E-state index < -0.39 is 0 Å². The molecule has 0 spiro atoms. The normalized spacial score (nSPS) is 17.2. The van der Waals surface area contributed by atoms with E-state index in [-0.39, 0.29) is 5.91 Å². The number of benzene rings is 1. The predicted molar refractivity (Wildman–Crippen MR) is 129 cm³/mol. The second kappa shape index (κ2) is 11.2. The fourth-order valence-electron chi connectivity index (χ4n) is 4.31. The number of carbonyl (C=O) groups is 1. The summed E-state index contributed by atoms with van der Waals surface area (Å²) in [6.45, 7) is 5.36. The molecule has 1 aromatic heterocycles. The lowest BCUT2D eigenvalue weighted by molar-refractivity contribution is -0.117. The van der Waals surface area contributed by atoms with Crippen LogP contribution in [0.3, 0.4) is 0 Å². The molecular weight excluding hydrogens is 444 g/mol. The zero-order valence-corrected chi connectivity index (χ0v) is 19.8. The van der Waals surface area contributed by atoms with E-state index in [1.807, 2.05) is 24.3 Å². The van der Waals surface area contributed by atoms with Gasteiger partial charge in [-0.3, -0.25) is 14.6 Å². The SMILES string of the molecule is N#Cc1c(NC(=O)CN2CCN(CCOc3ccc(Cl)cc3)CC2)sc2c1CCCCC2. The first-order chi connectivity index (χ1) is 15.6. The number of aryl methyl sites for hydroxylation is 1. The molecule has 0 unspecified atom stereocenters. The number of nitrogens with one attached hydrogen (secondary N) is 1. The monoisotopic (exact) mass is 472 g/mol. The van der Waals surface area contributed by atoms with E-state index in [1.165, 1.54) is 23.3 Å². The number of piperazine rings is 1. The van der Waals surface area contributed by atoms with Crippen molar-refractivity contribution < 1.29 is 9.53 Å². The van der Waals surface area contributed by atoms with Gasteiger partial charge in [0, 0.05) is 42.6 Å². The number of nitriles is 1. The van der Waals surface area contributed by atoms with Crippen molar-refractivity contribution in [3.05, 3.63) is 45.3 Å². The van der Waals surface area contributed by atoms with Crippen LogP contribution in [0.4, 0.5) is 5.00 Å². The highest BCUT2D eigenvalue weighted by Gasteiger charge is 2.23. The van der Waals surface area contributed by atoms with Crippen LogP contribution < -0.4 is 10.1 Å². The predicted octanol–water partition coefficient (Wildman–Crippen LogP) is 4.18. The van der Waals surface area contributed by atoms with Gasteiger partial charge in [-0.15, -0.1) is 11.3 Å². The molecule has 8 heteroatoms. The summed E-state index contributed by atoms with van der Waals surface area (Å²) in [7, 11) is 0. The van der Waals surface area contributed by atoms with Crippen LogP contribution in [0.1, 0.15) is 35.3 Å². The molecule has 0 bridgehead atoms. The summed E-state index contributed by atoms with van der Waals surface area (Å²) in [4.78, 5) is 18.5. The summed E-state index contributed by atoms with van der Waals surface area (Å²) in [5.41, 5.74) is 1.85. The number of fused-ring (bicyclic) bond motifs is 1. The number of ether oxygens (including phenoxy) is 1. The molecule has 0 radical (unpaired) electrons. The van der Waals surface area contributed by atoms with E-state index in [9.17, 15) is 10.1 Å². The lowest BCUT2D eigenvalue weighted by Gasteiger charge is -2.34. The Morgan fingerprint density at radius 1 is 1.09 bits per heavy atom. The molecule has 0 saturated carbocycles. The minimum atomic E-state index is -0.0302. The summed E-state index contributed by atoms with van der Waals surface area (Å²) in [5, 5.41) is 14.1. The molecule has 1 aromatic carbocycles. The lowest BCUT2D eigenvalue weighted by Crippen LogP contribution is -2.49. The number of anilines is 1. The number of nitrogens with zero attached hydrogens (tertiary/aromatic N) is 3. The standard InChI is InChI=1S/C24H29ClN4O2S/c25-18-6-8-19(9-7-18)31-15-14-28-10-12-29(13-11-28)17-23(30)27-24-21(16-26)20-4-2-1-3-5-22(20)32-24/h6-9H,1-5,10-15,17H2,(H,27,30). The average Bonchev–Trinajstić information content (AvgIpc) is 2.95. The number of halogens is 1. The third kappa shape index (κ3) is 6.02. The lowest BCUT2D eigenvalue weighted by atomic mass is 10.1. The van der Waals surface area contributed by atoms with Crippen molar-refractivity contribution in [2.24, 2.45) is 0 Å². The van der Waals surface area contributed by atoms with Crippen molar-refractivity contribution >= 4 is 33.8 Å². The van der Waals surface area contributed by atoms with Crippen LogP contribution in [0.5, 0.6) is 5.75 Å². The maximum absolute atomic E-state index is 12.7. The van der Waals surface area contributed by atoms with Gasteiger partial charge in [0.1, 0.15) is 23.4 Å². The van der Waals surface area contributed by atoms with E-state index in [0.29, 0.717) is 23.7 Å². The van der Waals surface area contributed by atoms with Crippen LogP contribution in [-0.2, 0) is 17.6 Å². The number of carbonyl (C=O) groups excluding carboxylic acids is 1. The molecule has 0 atom stereocenters. The maximum Gasteiger partial charge on any atom is 0.239 e. The van der Waals surface area contributed by atoms with Crippen LogP contribution in [0.15, 0.2) is 24.3 Å². The molecule has 2 aliphatic rings. The van der Waals surface area contributed by atoms with Gasteiger partial charge in [0.2, 0.25) is 5.91 Å². The van der Waals surface area contributed by atoms with E-state index in [4.69, 9.17) is 16.3 Å². The molecule has 32 heavy (non-hydrogen) atoms. The third-order valence-corrected chi connectivity index (χ3v) is 7.57. The second-order valence-corrected chi connectivity index (χ2v) is 9.89. The molecule has 1 N–H and O–H groups in total. The fourth-order valence-corrected chi connectivity index (χ4v) is 5.69. The Balaban J connectivity index is 1.20. The Hall–Kier alpha value is -2.11. The van der Waals surface area contributed by atoms with E-state index in [0.717, 1.165) is 62.7 Å². The van der Waals surface area contributed by atoms with Crippen molar-refractivity contribution in [2.75, 3.05) is 51.2 Å². The molecule has 1 amide bonds. The largest absolute Gasteiger partial charge is 0.492 e. The van der Waals surface area contributed by atoms with Crippen molar-refractivity contribution in [1.29, 1.82) is 5.26 Å². The zero-order valence-electron chi connectivity index (χ0n) is 18.2. The number of thiophene rings is 1. The van der Waals surface area contributed by atoms with Gasteiger partial charge in [0.25, 0.3) is 0 Å². The molecular formula is C24H29ClN4O2S. The van der Waals surface area contributed by atoms with Crippen LogP contribution >= 0.6 is 22.9 Å². The third-order valence-electron chi connectivity index (χ3n) is 6.11. The van der Waals surface area contributed by atoms with E-state index >= 15 is 0 Å². The topological polar surface area (TPSA) is 68.6 Å². The second-order valence-electron chi connectivity index (χ2n) is 8.35. The highest BCUT2D eigenvalue weighted by atomic mass is 35.5. The first kappa shape index (κ1) is 23.1. The number of hydrogen-bond acceptors (Lipinski definition) is 6. The molecule has 1 fully saturated rings. The van der Waals surface area contributed by atoms with Crippen LogP contribution in [0, 0.1) is 11.3 Å². The Labute approximate surface area is 198 Å². The highest BCUT2D eigenvalue weighted by molar-refractivity contribution is 7.16. The first-order valence-corrected chi connectivity index (χ1v) is 12.5.